The Bertz CT molecular complexity index is 602. The van der Waals surface area contributed by atoms with Crippen molar-refractivity contribution in [2.24, 2.45) is 0 Å². The van der Waals surface area contributed by atoms with Gasteiger partial charge in [-0.25, -0.2) is 0 Å². The lowest BCUT2D eigenvalue weighted by atomic mass is 10.2. The van der Waals surface area contributed by atoms with Crippen LogP contribution >= 0.6 is 43.5 Å². The lowest BCUT2D eigenvalue weighted by Crippen LogP contribution is -2.01. The van der Waals surface area contributed by atoms with Gasteiger partial charge in [0.1, 0.15) is 18.1 Å². The van der Waals surface area contributed by atoms with E-state index in [0.717, 1.165) is 21.3 Å². The summed E-state index contributed by atoms with van der Waals surface area (Å²) in [6.07, 6.45) is 0. The van der Waals surface area contributed by atoms with Crippen molar-refractivity contribution in [3.8, 4) is 11.5 Å². The zero-order valence-electron chi connectivity index (χ0n) is 10.8. The molecule has 0 saturated heterocycles. The molecule has 5 heteroatoms. The van der Waals surface area contributed by atoms with Crippen molar-refractivity contribution in [2.75, 3.05) is 7.11 Å². The molecule has 2 aromatic rings. The van der Waals surface area contributed by atoms with Gasteiger partial charge < -0.3 is 9.47 Å². The summed E-state index contributed by atoms with van der Waals surface area (Å²) in [6.45, 7) is 0.395. The quantitative estimate of drug-likeness (QED) is 0.588. The molecule has 0 radical (unpaired) electrons. The van der Waals surface area contributed by atoms with Gasteiger partial charge in [0, 0.05) is 20.9 Å². The third kappa shape index (κ3) is 3.68. The van der Waals surface area contributed by atoms with Crippen LogP contribution in [0.25, 0.3) is 0 Å². The standard InChI is InChI=1S/C15H13Br2ClO2/c1-19-14-6-5-12(17)7-11(14)9-20-15-10(8-16)3-2-4-13(15)18/h2-7H,8-9H2,1H3. The van der Waals surface area contributed by atoms with Gasteiger partial charge in [-0.3, -0.25) is 0 Å². The van der Waals surface area contributed by atoms with E-state index in [2.05, 4.69) is 31.9 Å². The molecule has 0 bridgehead atoms. The average molecular weight is 421 g/mol. The van der Waals surface area contributed by atoms with Crippen LogP contribution in [0.3, 0.4) is 0 Å². The molecule has 2 aromatic carbocycles. The Morgan fingerprint density at radius 2 is 1.95 bits per heavy atom. The van der Waals surface area contributed by atoms with Gasteiger partial charge in [-0.05, 0) is 24.3 Å². The van der Waals surface area contributed by atoms with E-state index in [1.165, 1.54) is 0 Å². The maximum absolute atomic E-state index is 6.19. The monoisotopic (exact) mass is 418 g/mol. The predicted molar refractivity (Wildman–Crippen MR) is 89.1 cm³/mol. The van der Waals surface area contributed by atoms with E-state index in [4.69, 9.17) is 21.1 Å². The number of hydrogen-bond acceptors (Lipinski definition) is 2. The largest absolute Gasteiger partial charge is 0.496 e. The second-order valence-corrected chi connectivity index (χ2v) is 5.99. The minimum Gasteiger partial charge on any atom is -0.496 e. The smallest absolute Gasteiger partial charge is 0.142 e. The molecule has 0 fully saturated rings. The molecule has 0 aliphatic carbocycles. The van der Waals surface area contributed by atoms with Gasteiger partial charge in [0.2, 0.25) is 0 Å². The summed E-state index contributed by atoms with van der Waals surface area (Å²) in [5.74, 6) is 1.49. The van der Waals surface area contributed by atoms with E-state index in [9.17, 15) is 0 Å². The maximum atomic E-state index is 6.19. The SMILES string of the molecule is COc1ccc(Br)cc1COc1c(Cl)cccc1CBr. The Hall–Kier alpha value is -0.710. The molecule has 0 atom stereocenters. The lowest BCUT2D eigenvalue weighted by molar-refractivity contribution is 0.295. The molecular formula is C15H13Br2ClO2. The van der Waals surface area contributed by atoms with Crippen LogP contribution in [0.5, 0.6) is 11.5 Å². The third-order valence-electron chi connectivity index (χ3n) is 2.81. The van der Waals surface area contributed by atoms with Gasteiger partial charge in [-0.2, -0.15) is 0 Å². The maximum Gasteiger partial charge on any atom is 0.142 e. The van der Waals surface area contributed by atoms with Crippen LogP contribution in [-0.4, -0.2) is 7.11 Å². The predicted octanol–water partition coefficient (Wildman–Crippen LogP) is 5.59. The Labute approximate surface area is 140 Å². The van der Waals surface area contributed by atoms with Crippen LogP contribution in [0.4, 0.5) is 0 Å². The number of halogens is 3. The third-order valence-corrected chi connectivity index (χ3v) is 4.20. The molecule has 20 heavy (non-hydrogen) atoms. The van der Waals surface area contributed by atoms with Gasteiger partial charge >= 0.3 is 0 Å². The summed E-state index contributed by atoms with van der Waals surface area (Å²) in [5, 5.41) is 1.30. The fraction of sp³-hybridized carbons (Fsp3) is 0.200. The minimum absolute atomic E-state index is 0.395. The van der Waals surface area contributed by atoms with Crippen molar-refractivity contribution in [2.45, 2.75) is 11.9 Å². The normalized spacial score (nSPS) is 10.4. The van der Waals surface area contributed by atoms with Crippen molar-refractivity contribution < 1.29 is 9.47 Å². The highest BCUT2D eigenvalue weighted by Gasteiger charge is 2.10. The topological polar surface area (TPSA) is 18.5 Å². The number of hydrogen-bond donors (Lipinski definition) is 0. The highest BCUT2D eigenvalue weighted by molar-refractivity contribution is 9.10. The molecule has 0 heterocycles. The second kappa shape index (κ2) is 7.34. The van der Waals surface area contributed by atoms with Gasteiger partial charge in [-0.1, -0.05) is 55.6 Å². The Kier molecular flexibility index (Phi) is 5.75. The number of para-hydroxylation sites is 1. The number of methoxy groups -OCH3 is 1. The van der Waals surface area contributed by atoms with E-state index in [1.54, 1.807) is 7.11 Å². The molecule has 2 nitrogen and oxygen atoms in total. The Morgan fingerprint density at radius 1 is 1.15 bits per heavy atom. The first kappa shape index (κ1) is 15.7. The van der Waals surface area contributed by atoms with Crippen molar-refractivity contribution in [1.82, 2.24) is 0 Å². The van der Waals surface area contributed by atoms with E-state index in [1.807, 2.05) is 36.4 Å². The second-order valence-electron chi connectivity index (χ2n) is 4.11. The van der Waals surface area contributed by atoms with Crippen LogP contribution in [-0.2, 0) is 11.9 Å². The number of ether oxygens (including phenoxy) is 2. The highest BCUT2D eigenvalue weighted by atomic mass is 79.9. The van der Waals surface area contributed by atoms with Gasteiger partial charge in [0.15, 0.2) is 0 Å². The number of alkyl halides is 1. The van der Waals surface area contributed by atoms with Crippen LogP contribution < -0.4 is 9.47 Å². The molecule has 0 aliphatic rings. The Morgan fingerprint density at radius 3 is 2.65 bits per heavy atom. The molecule has 0 N–H and O–H groups in total. The summed E-state index contributed by atoms with van der Waals surface area (Å²) in [4.78, 5) is 0. The molecule has 0 spiro atoms. The fourth-order valence-corrected chi connectivity index (χ4v) is 2.93. The minimum atomic E-state index is 0.395. The molecule has 0 aliphatic heterocycles. The van der Waals surface area contributed by atoms with Crippen LogP contribution in [0.15, 0.2) is 40.9 Å². The molecule has 0 aromatic heterocycles. The summed E-state index contributed by atoms with van der Waals surface area (Å²) in [6, 6.07) is 11.5. The zero-order chi connectivity index (χ0) is 14.5. The van der Waals surface area contributed by atoms with E-state index in [-0.39, 0.29) is 0 Å². The van der Waals surface area contributed by atoms with Crippen LogP contribution in [0, 0.1) is 0 Å². The highest BCUT2D eigenvalue weighted by Crippen LogP contribution is 2.32. The van der Waals surface area contributed by atoms with Crippen molar-refractivity contribution in [3.05, 3.63) is 57.0 Å². The summed E-state index contributed by atoms with van der Waals surface area (Å²) in [5.41, 5.74) is 1.98. The first-order valence-corrected chi connectivity index (χ1v) is 8.23. The van der Waals surface area contributed by atoms with Crippen molar-refractivity contribution >= 4 is 43.5 Å². The van der Waals surface area contributed by atoms with E-state index < -0.39 is 0 Å². The fourth-order valence-electron chi connectivity index (χ4n) is 1.83. The first-order valence-electron chi connectivity index (χ1n) is 5.94. The molecule has 0 saturated carbocycles. The lowest BCUT2D eigenvalue weighted by Gasteiger charge is -2.14. The van der Waals surface area contributed by atoms with Crippen LogP contribution in [0.1, 0.15) is 11.1 Å². The molecule has 2 rings (SSSR count). The average Bonchev–Trinajstić information content (AvgIpc) is 2.46. The molecular weight excluding hydrogens is 407 g/mol. The van der Waals surface area contributed by atoms with Crippen LogP contribution in [0.2, 0.25) is 5.02 Å². The Balaban J connectivity index is 2.23. The first-order chi connectivity index (χ1) is 9.65. The zero-order valence-corrected chi connectivity index (χ0v) is 14.8. The van der Waals surface area contributed by atoms with Crippen molar-refractivity contribution in [1.29, 1.82) is 0 Å². The van der Waals surface area contributed by atoms with Gasteiger partial charge in [0.05, 0.1) is 12.1 Å². The van der Waals surface area contributed by atoms with Crippen molar-refractivity contribution in [3.63, 3.8) is 0 Å². The molecule has 0 amide bonds. The number of benzene rings is 2. The van der Waals surface area contributed by atoms with E-state index >= 15 is 0 Å². The summed E-state index contributed by atoms with van der Waals surface area (Å²) < 4.78 is 12.2. The van der Waals surface area contributed by atoms with Gasteiger partial charge in [-0.15, -0.1) is 0 Å². The summed E-state index contributed by atoms with van der Waals surface area (Å²) >= 11 is 13.1. The van der Waals surface area contributed by atoms with Gasteiger partial charge in [0.25, 0.3) is 0 Å². The summed E-state index contributed by atoms with van der Waals surface area (Å²) in [7, 11) is 1.64. The number of rotatable bonds is 5. The molecule has 106 valence electrons. The van der Waals surface area contributed by atoms with E-state index in [0.29, 0.717) is 22.7 Å². The molecule has 0 unspecified atom stereocenters.